The van der Waals surface area contributed by atoms with Crippen molar-refractivity contribution in [1.82, 2.24) is 0 Å². The SMILES string of the molecule is COc1ccc(Br)cc1CC(N)CSc1ccccc1Cl. The molecule has 21 heavy (non-hydrogen) atoms. The first-order valence-corrected chi connectivity index (χ1v) is 8.71. The number of rotatable bonds is 6. The van der Waals surface area contributed by atoms with Gasteiger partial charge >= 0.3 is 0 Å². The van der Waals surface area contributed by atoms with Crippen molar-refractivity contribution in [3.63, 3.8) is 0 Å². The maximum Gasteiger partial charge on any atom is 0.122 e. The number of halogens is 2. The van der Waals surface area contributed by atoms with Gasteiger partial charge in [-0.15, -0.1) is 11.8 Å². The molecule has 0 radical (unpaired) electrons. The standard InChI is InChI=1S/C16H17BrClNOS/c1-20-15-7-6-12(17)8-11(15)9-13(19)10-21-16-5-3-2-4-14(16)18/h2-8,13H,9-10,19H2,1H3. The van der Waals surface area contributed by atoms with Crippen LogP contribution in [0.4, 0.5) is 0 Å². The molecule has 0 saturated carbocycles. The molecule has 0 aromatic heterocycles. The second-order valence-electron chi connectivity index (χ2n) is 4.66. The zero-order valence-electron chi connectivity index (χ0n) is 11.7. The van der Waals surface area contributed by atoms with Crippen molar-refractivity contribution in [1.29, 1.82) is 0 Å². The van der Waals surface area contributed by atoms with Gasteiger partial charge in [-0.1, -0.05) is 39.7 Å². The number of thioether (sulfide) groups is 1. The number of methoxy groups -OCH3 is 1. The van der Waals surface area contributed by atoms with Gasteiger partial charge < -0.3 is 10.5 Å². The Labute approximate surface area is 143 Å². The molecule has 1 atom stereocenters. The Morgan fingerprint density at radius 3 is 2.76 bits per heavy atom. The van der Waals surface area contributed by atoms with E-state index in [1.165, 1.54) is 0 Å². The van der Waals surface area contributed by atoms with E-state index in [4.69, 9.17) is 22.1 Å². The van der Waals surface area contributed by atoms with Crippen LogP contribution in [0.25, 0.3) is 0 Å². The summed E-state index contributed by atoms with van der Waals surface area (Å²) in [6.07, 6.45) is 0.764. The minimum absolute atomic E-state index is 0.0365. The van der Waals surface area contributed by atoms with Gasteiger partial charge in [-0.25, -0.2) is 0 Å². The summed E-state index contributed by atoms with van der Waals surface area (Å²) in [5, 5.41) is 0.773. The number of benzene rings is 2. The Morgan fingerprint density at radius 2 is 2.05 bits per heavy atom. The van der Waals surface area contributed by atoms with Crippen LogP contribution >= 0.6 is 39.3 Å². The second kappa shape index (κ2) is 8.08. The molecule has 2 rings (SSSR count). The van der Waals surface area contributed by atoms with Gasteiger partial charge in [0.25, 0.3) is 0 Å². The molecule has 0 amide bonds. The molecule has 0 spiro atoms. The molecule has 0 fully saturated rings. The molecule has 1 unspecified atom stereocenters. The third-order valence-corrected chi connectivity index (χ3v) is 5.21. The fraction of sp³-hybridized carbons (Fsp3) is 0.250. The van der Waals surface area contributed by atoms with Gasteiger partial charge in [0.05, 0.1) is 12.1 Å². The molecule has 0 bridgehead atoms. The van der Waals surface area contributed by atoms with Crippen molar-refractivity contribution in [3.05, 3.63) is 57.5 Å². The number of nitrogens with two attached hydrogens (primary N) is 1. The maximum absolute atomic E-state index is 6.24. The van der Waals surface area contributed by atoms with E-state index in [-0.39, 0.29) is 6.04 Å². The molecular formula is C16H17BrClNOS. The summed E-state index contributed by atoms with van der Waals surface area (Å²) in [6, 6.07) is 13.8. The molecule has 2 nitrogen and oxygen atoms in total. The van der Waals surface area contributed by atoms with E-state index >= 15 is 0 Å². The average Bonchev–Trinajstić information content (AvgIpc) is 2.47. The molecule has 0 saturated heterocycles. The first-order valence-electron chi connectivity index (χ1n) is 6.55. The Balaban J connectivity index is 1.97. The van der Waals surface area contributed by atoms with Crippen LogP contribution in [-0.4, -0.2) is 18.9 Å². The number of ether oxygens (including phenoxy) is 1. The van der Waals surface area contributed by atoms with Gasteiger partial charge in [-0.2, -0.15) is 0 Å². The van der Waals surface area contributed by atoms with E-state index in [0.29, 0.717) is 0 Å². The van der Waals surface area contributed by atoms with Crippen LogP contribution in [0.2, 0.25) is 5.02 Å². The topological polar surface area (TPSA) is 35.2 Å². The highest BCUT2D eigenvalue weighted by Gasteiger charge is 2.11. The summed E-state index contributed by atoms with van der Waals surface area (Å²) >= 11 is 11.3. The van der Waals surface area contributed by atoms with Gasteiger partial charge in [0, 0.05) is 21.2 Å². The van der Waals surface area contributed by atoms with Crippen LogP contribution in [0, 0.1) is 0 Å². The molecule has 5 heteroatoms. The monoisotopic (exact) mass is 385 g/mol. The van der Waals surface area contributed by atoms with E-state index < -0.39 is 0 Å². The van der Waals surface area contributed by atoms with Crippen molar-refractivity contribution >= 4 is 39.3 Å². The summed E-state index contributed by atoms with van der Waals surface area (Å²) in [6.45, 7) is 0. The molecule has 2 N–H and O–H groups in total. The van der Waals surface area contributed by atoms with Gasteiger partial charge in [0.1, 0.15) is 5.75 Å². The number of hydrogen-bond acceptors (Lipinski definition) is 3. The summed E-state index contributed by atoms with van der Waals surface area (Å²) < 4.78 is 6.41. The maximum atomic E-state index is 6.24. The molecule has 0 heterocycles. The average molecular weight is 387 g/mol. The van der Waals surface area contributed by atoms with E-state index in [9.17, 15) is 0 Å². The van der Waals surface area contributed by atoms with Gasteiger partial charge in [-0.3, -0.25) is 0 Å². The van der Waals surface area contributed by atoms with E-state index in [1.807, 2.05) is 36.4 Å². The third-order valence-electron chi connectivity index (χ3n) is 3.01. The number of hydrogen-bond donors (Lipinski definition) is 1. The van der Waals surface area contributed by atoms with Gasteiger partial charge in [0.15, 0.2) is 0 Å². The lowest BCUT2D eigenvalue weighted by molar-refractivity contribution is 0.408. The predicted octanol–water partition coefficient (Wildman–Crippen LogP) is 4.77. The largest absolute Gasteiger partial charge is 0.496 e. The highest BCUT2D eigenvalue weighted by atomic mass is 79.9. The lowest BCUT2D eigenvalue weighted by Crippen LogP contribution is -2.25. The minimum Gasteiger partial charge on any atom is -0.496 e. The van der Waals surface area contributed by atoms with E-state index in [0.717, 1.165) is 37.9 Å². The Bertz CT molecular complexity index is 609. The van der Waals surface area contributed by atoms with E-state index in [2.05, 4.69) is 22.0 Å². The highest BCUT2D eigenvalue weighted by molar-refractivity contribution is 9.10. The van der Waals surface area contributed by atoms with Crippen molar-refractivity contribution in [2.24, 2.45) is 5.73 Å². The van der Waals surface area contributed by atoms with Crippen LogP contribution in [0.5, 0.6) is 5.75 Å². The van der Waals surface area contributed by atoms with Crippen molar-refractivity contribution in [2.75, 3.05) is 12.9 Å². The fourth-order valence-electron chi connectivity index (χ4n) is 2.01. The smallest absolute Gasteiger partial charge is 0.122 e. The lowest BCUT2D eigenvalue weighted by Gasteiger charge is -2.15. The van der Waals surface area contributed by atoms with Gasteiger partial charge in [0.2, 0.25) is 0 Å². The lowest BCUT2D eigenvalue weighted by atomic mass is 10.1. The molecule has 0 aliphatic heterocycles. The van der Waals surface area contributed by atoms with Crippen molar-refractivity contribution in [2.45, 2.75) is 17.4 Å². The fourth-order valence-corrected chi connectivity index (χ4v) is 3.61. The molecule has 2 aromatic carbocycles. The summed E-state index contributed by atoms with van der Waals surface area (Å²) in [4.78, 5) is 1.07. The van der Waals surface area contributed by atoms with Crippen LogP contribution in [-0.2, 0) is 6.42 Å². The van der Waals surface area contributed by atoms with E-state index in [1.54, 1.807) is 18.9 Å². The Hall–Kier alpha value is -0.680. The normalized spacial score (nSPS) is 12.2. The molecule has 112 valence electrons. The summed E-state index contributed by atoms with van der Waals surface area (Å²) in [5.74, 6) is 1.68. The van der Waals surface area contributed by atoms with Crippen LogP contribution in [0.3, 0.4) is 0 Å². The summed E-state index contributed by atoms with van der Waals surface area (Å²) in [5.41, 5.74) is 7.35. The Morgan fingerprint density at radius 1 is 1.29 bits per heavy atom. The summed E-state index contributed by atoms with van der Waals surface area (Å²) in [7, 11) is 1.68. The molecular weight excluding hydrogens is 370 g/mol. The quantitative estimate of drug-likeness (QED) is 0.726. The minimum atomic E-state index is 0.0365. The van der Waals surface area contributed by atoms with Crippen LogP contribution in [0.15, 0.2) is 51.8 Å². The van der Waals surface area contributed by atoms with Gasteiger partial charge in [-0.05, 0) is 42.3 Å². The van der Waals surface area contributed by atoms with Crippen LogP contribution in [0.1, 0.15) is 5.56 Å². The third kappa shape index (κ3) is 4.92. The molecule has 0 aliphatic carbocycles. The van der Waals surface area contributed by atoms with Crippen molar-refractivity contribution in [3.8, 4) is 5.75 Å². The first-order chi connectivity index (χ1) is 10.1. The van der Waals surface area contributed by atoms with Crippen LogP contribution < -0.4 is 10.5 Å². The zero-order valence-corrected chi connectivity index (χ0v) is 14.8. The molecule has 2 aromatic rings. The second-order valence-corrected chi connectivity index (χ2v) is 7.05. The predicted molar refractivity (Wildman–Crippen MR) is 94.5 cm³/mol. The van der Waals surface area contributed by atoms with Crippen molar-refractivity contribution < 1.29 is 4.74 Å². The zero-order chi connectivity index (χ0) is 15.2. The Kier molecular flexibility index (Phi) is 6.42. The highest BCUT2D eigenvalue weighted by Crippen LogP contribution is 2.28. The first kappa shape index (κ1) is 16.7. The molecule has 0 aliphatic rings.